The van der Waals surface area contributed by atoms with E-state index >= 15 is 0 Å². The molecule has 1 aromatic carbocycles. The smallest absolute Gasteiger partial charge is 0.223 e. The summed E-state index contributed by atoms with van der Waals surface area (Å²) in [4.78, 5) is 14.1. The van der Waals surface area contributed by atoms with Gasteiger partial charge in [-0.15, -0.1) is 11.8 Å². The van der Waals surface area contributed by atoms with Gasteiger partial charge < -0.3 is 5.73 Å². The van der Waals surface area contributed by atoms with E-state index in [1.807, 2.05) is 0 Å². The molecular formula is C14H16N4S. The molecule has 3 rings (SSSR count). The van der Waals surface area contributed by atoms with Gasteiger partial charge in [0.25, 0.3) is 0 Å². The summed E-state index contributed by atoms with van der Waals surface area (Å²) in [7, 11) is 0. The van der Waals surface area contributed by atoms with E-state index in [0.29, 0.717) is 11.9 Å². The maximum absolute atomic E-state index is 5.74. The Morgan fingerprint density at radius 2 is 1.89 bits per heavy atom. The van der Waals surface area contributed by atoms with Gasteiger partial charge in [0.15, 0.2) is 0 Å². The molecule has 1 fully saturated rings. The summed E-state index contributed by atoms with van der Waals surface area (Å²) in [6, 6.07) is 8.46. The fourth-order valence-corrected chi connectivity index (χ4v) is 2.58. The number of aromatic nitrogens is 3. The van der Waals surface area contributed by atoms with E-state index in [9.17, 15) is 0 Å². The molecule has 0 bridgehead atoms. The second-order valence-corrected chi connectivity index (χ2v) is 5.89. The number of nitrogens with zero attached hydrogens (tertiary/aromatic N) is 3. The molecule has 0 amide bonds. The molecule has 98 valence electrons. The van der Waals surface area contributed by atoms with Crippen LogP contribution in [0.25, 0.3) is 0 Å². The highest BCUT2D eigenvalue weighted by Gasteiger charge is 2.27. The van der Waals surface area contributed by atoms with Gasteiger partial charge in [0.1, 0.15) is 11.6 Å². The van der Waals surface area contributed by atoms with Crippen molar-refractivity contribution in [2.75, 3.05) is 5.73 Å². The van der Waals surface area contributed by atoms with E-state index in [4.69, 9.17) is 5.73 Å². The lowest BCUT2D eigenvalue weighted by atomic mass is 10.2. The van der Waals surface area contributed by atoms with Gasteiger partial charge in [-0.1, -0.05) is 17.7 Å². The molecule has 5 heteroatoms. The Bertz CT molecular complexity index is 578. The number of nitrogens with two attached hydrogens (primary N) is 1. The molecule has 2 N–H and O–H groups in total. The number of thioether (sulfide) groups is 1. The molecule has 0 atom stereocenters. The Balaban J connectivity index is 1.70. The van der Waals surface area contributed by atoms with Gasteiger partial charge in [0.2, 0.25) is 5.95 Å². The molecule has 2 aromatic rings. The van der Waals surface area contributed by atoms with E-state index in [-0.39, 0.29) is 0 Å². The van der Waals surface area contributed by atoms with Crippen LogP contribution in [0.15, 0.2) is 29.2 Å². The van der Waals surface area contributed by atoms with Crippen molar-refractivity contribution >= 4 is 17.7 Å². The van der Waals surface area contributed by atoms with Crippen molar-refractivity contribution in [3.05, 3.63) is 41.5 Å². The summed E-state index contributed by atoms with van der Waals surface area (Å²) >= 11 is 1.72. The quantitative estimate of drug-likeness (QED) is 0.867. The lowest BCUT2D eigenvalue weighted by molar-refractivity contribution is 0.858. The second kappa shape index (κ2) is 5.17. The van der Waals surface area contributed by atoms with Crippen molar-refractivity contribution in [2.24, 2.45) is 0 Å². The van der Waals surface area contributed by atoms with Crippen molar-refractivity contribution in [1.29, 1.82) is 0 Å². The molecule has 1 aliphatic rings. The second-order valence-electron chi connectivity index (χ2n) is 4.84. The fourth-order valence-electron chi connectivity index (χ4n) is 1.83. The standard InChI is InChI=1S/C14H16N4S/c1-9-2-6-11(7-3-9)19-8-12-16-13(10-4-5-10)18-14(15)17-12/h2-3,6-7,10H,4-5,8H2,1H3,(H2,15,16,17,18). The number of hydrogen-bond acceptors (Lipinski definition) is 5. The molecular weight excluding hydrogens is 256 g/mol. The van der Waals surface area contributed by atoms with Crippen LogP contribution < -0.4 is 5.73 Å². The third-order valence-electron chi connectivity index (χ3n) is 3.05. The minimum Gasteiger partial charge on any atom is -0.368 e. The van der Waals surface area contributed by atoms with E-state index in [1.165, 1.54) is 23.3 Å². The van der Waals surface area contributed by atoms with Crippen molar-refractivity contribution < 1.29 is 0 Å². The van der Waals surface area contributed by atoms with Crippen molar-refractivity contribution in [2.45, 2.75) is 36.3 Å². The number of hydrogen-bond donors (Lipinski definition) is 1. The Morgan fingerprint density at radius 1 is 1.16 bits per heavy atom. The van der Waals surface area contributed by atoms with Gasteiger partial charge in [-0.05, 0) is 31.9 Å². The molecule has 1 aliphatic carbocycles. The summed E-state index contributed by atoms with van der Waals surface area (Å²) in [5.41, 5.74) is 7.01. The highest BCUT2D eigenvalue weighted by Crippen LogP contribution is 2.38. The number of anilines is 1. The zero-order valence-corrected chi connectivity index (χ0v) is 11.7. The van der Waals surface area contributed by atoms with Crippen LogP contribution in [0.1, 0.15) is 36.0 Å². The zero-order valence-electron chi connectivity index (χ0n) is 10.8. The molecule has 0 unspecified atom stereocenters. The average Bonchev–Trinajstić information content (AvgIpc) is 3.22. The van der Waals surface area contributed by atoms with Crippen molar-refractivity contribution in [1.82, 2.24) is 15.0 Å². The summed E-state index contributed by atoms with van der Waals surface area (Å²) in [5.74, 6) is 3.23. The number of nitrogen functional groups attached to an aromatic ring is 1. The van der Waals surface area contributed by atoms with Crippen LogP contribution in [0.5, 0.6) is 0 Å². The summed E-state index contributed by atoms with van der Waals surface area (Å²) in [6.07, 6.45) is 2.35. The molecule has 0 saturated heterocycles. The molecule has 19 heavy (non-hydrogen) atoms. The minimum absolute atomic E-state index is 0.344. The molecule has 0 aliphatic heterocycles. The number of rotatable bonds is 4. The predicted octanol–water partition coefficient (Wildman–Crippen LogP) is 2.93. The molecule has 1 aromatic heterocycles. The predicted molar refractivity (Wildman–Crippen MR) is 77.0 cm³/mol. The third-order valence-corrected chi connectivity index (χ3v) is 4.06. The Hall–Kier alpha value is -1.62. The van der Waals surface area contributed by atoms with Crippen LogP contribution in [0.4, 0.5) is 5.95 Å². The molecule has 1 saturated carbocycles. The molecule has 0 radical (unpaired) electrons. The van der Waals surface area contributed by atoms with Crippen LogP contribution in [0.3, 0.4) is 0 Å². The topological polar surface area (TPSA) is 64.7 Å². The minimum atomic E-state index is 0.344. The largest absolute Gasteiger partial charge is 0.368 e. The van der Waals surface area contributed by atoms with E-state index < -0.39 is 0 Å². The summed E-state index contributed by atoms with van der Waals surface area (Å²) in [5, 5.41) is 0. The van der Waals surface area contributed by atoms with Crippen LogP contribution in [0.2, 0.25) is 0 Å². The van der Waals surface area contributed by atoms with E-state index in [2.05, 4.69) is 46.1 Å². The van der Waals surface area contributed by atoms with Gasteiger partial charge >= 0.3 is 0 Å². The highest BCUT2D eigenvalue weighted by molar-refractivity contribution is 7.98. The van der Waals surface area contributed by atoms with E-state index in [0.717, 1.165) is 17.4 Å². The molecule has 0 spiro atoms. The lowest BCUT2D eigenvalue weighted by Crippen LogP contribution is -2.05. The first-order chi connectivity index (χ1) is 9.20. The third kappa shape index (κ3) is 3.23. The van der Waals surface area contributed by atoms with Gasteiger partial charge in [-0.25, -0.2) is 4.98 Å². The van der Waals surface area contributed by atoms with E-state index in [1.54, 1.807) is 11.8 Å². The Morgan fingerprint density at radius 3 is 2.58 bits per heavy atom. The number of aryl methyl sites for hydroxylation is 1. The summed E-state index contributed by atoms with van der Waals surface area (Å²) < 4.78 is 0. The van der Waals surface area contributed by atoms with Crippen LogP contribution in [-0.4, -0.2) is 15.0 Å². The van der Waals surface area contributed by atoms with Gasteiger partial charge in [0, 0.05) is 10.8 Å². The fraction of sp³-hybridized carbons (Fsp3) is 0.357. The van der Waals surface area contributed by atoms with Crippen LogP contribution >= 0.6 is 11.8 Å². The van der Waals surface area contributed by atoms with Crippen LogP contribution in [-0.2, 0) is 5.75 Å². The maximum Gasteiger partial charge on any atom is 0.223 e. The van der Waals surface area contributed by atoms with Gasteiger partial charge in [0.05, 0.1) is 5.75 Å². The SMILES string of the molecule is Cc1ccc(SCc2nc(N)nc(C3CC3)n2)cc1. The lowest BCUT2D eigenvalue weighted by Gasteiger charge is -2.04. The van der Waals surface area contributed by atoms with Crippen molar-refractivity contribution in [3.8, 4) is 0 Å². The number of benzene rings is 1. The maximum atomic E-state index is 5.74. The van der Waals surface area contributed by atoms with Crippen LogP contribution in [0, 0.1) is 6.92 Å². The average molecular weight is 272 g/mol. The normalized spacial score (nSPS) is 14.6. The van der Waals surface area contributed by atoms with Gasteiger partial charge in [-0.2, -0.15) is 9.97 Å². The molecule has 1 heterocycles. The first-order valence-corrected chi connectivity index (χ1v) is 7.39. The molecule has 4 nitrogen and oxygen atoms in total. The highest BCUT2D eigenvalue weighted by atomic mass is 32.2. The van der Waals surface area contributed by atoms with Gasteiger partial charge in [-0.3, -0.25) is 0 Å². The first kappa shape index (κ1) is 12.4. The zero-order chi connectivity index (χ0) is 13.2. The first-order valence-electron chi connectivity index (χ1n) is 6.40. The Labute approximate surface area is 116 Å². The Kier molecular flexibility index (Phi) is 3.38. The summed E-state index contributed by atoms with van der Waals surface area (Å²) in [6.45, 7) is 2.09. The monoisotopic (exact) mass is 272 g/mol. The van der Waals surface area contributed by atoms with Crippen molar-refractivity contribution in [3.63, 3.8) is 0 Å².